The van der Waals surface area contributed by atoms with Gasteiger partial charge >= 0.3 is 0 Å². The van der Waals surface area contributed by atoms with Crippen LogP contribution in [0.3, 0.4) is 0 Å². The fourth-order valence-corrected chi connectivity index (χ4v) is 4.12. The second-order valence-corrected chi connectivity index (χ2v) is 7.43. The molecule has 1 N–H and O–H groups in total. The van der Waals surface area contributed by atoms with E-state index in [1.54, 1.807) is 0 Å². The van der Waals surface area contributed by atoms with E-state index in [0.717, 1.165) is 21.1 Å². The van der Waals surface area contributed by atoms with E-state index in [9.17, 15) is 4.79 Å². The average Bonchev–Trinajstić information content (AvgIpc) is 3.23. The highest BCUT2D eigenvalue weighted by Gasteiger charge is 2.44. The van der Waals surface area contributed by atoms with E-state index in [2.05, 4.69) is 38.4 Å². The van der Waals surface area contributed by atoms with Crippen LogP contribution in [0.15, 0.2) is 53.0 Å². The minimum Gasteiger partial charge on any atom is -0.302 e. The van der Waals surface area contributed by atoms with E-state index in [0.29, 0.717) is 11.0 Å². The fourth-order valence-electron chi connectivity index (χ4n) is 2.70. The summed E-state index contributed by atoms with van der Waals surface area (Å²) in [6.45, 7) is 0. The van der Waals surface area contributed by atoms with Crippen LogP contribution in [0.5, 0.6) is 0 Å². The number of halogens is 1. The summed E-state index contributed by atoms with van der Waals surface area (Å²) in [5, 5.41) is 3.64. The van der Waals surface area contributed by atoms with Crippen LogP contribution >= 0.6 is 27.3 Å². The van der Waals surface area contributed by atoms with Gasteiger partial charge < -0.3 is 5.32 Å². The third-order valence-electron chi connectivity index (χ3n) is 3.94. The average molecular weight is 373 g/mol. The Bertz CT molecular complexity index is 846. The van der Waals surface area contributed by atoms with Crippen molar-refractivity contribution < 1.29 is 4.79 Å². The Morgan fingerprint density at radius 2 is 2.05 bits per heavy atom. The SMILES string of the molecule is O=C(Nc1nc2ccc(Br)cc2s1)C1CC1c1ccccc1. The monoisotopic (exact) mass is 372 g/mol. The second kappa shape index (κ2) is 5.48. The molecule has 1 aliphatic carbocycles. The number of benzene rings is 2. The van der Waals surface area contributed by atoms with Crippen molar-refractivity contribution in [2.45, 2.75) is 12.3 Å². The highest BCUT2D eigenvalue weighted by Crippen LogP contribution is 2.48. The molecule has 0 spiro atoms. The Labute approximate surface area is 140 Å². The molecule has 1 aliphatic rings. The summed E-state index contributed by atoms with van der Waals surface area (Å²) in [6, 6.07) is 16.2. The van der Waals surface area contributed by atoms with Crippen molar-refractivity contribution in [3.8, 4) is 0 Å². The van der Waals surface area contributed by atoms with Crippen LogP contribution in [0.2, 0.25) is 0 Å². The molecule has 0 bridgehead atoms. The Balaban J connectivity index is 1.48. The molecule has 1 heterocycles. The van der Waals surface area contributed by atoms with Crippen LogP contribution in [-0.2, 0) is 4.79 Å². The molecular weight excluding hydrogens is 360 g/mol. The van der Waals surface area contributed by atoms with Crippen LogP contribution in [0.25, 0.3) is 10.2 Å². The number of fused-ring (bicyclic) bond motifs is 1. The second-order valence-electron chi connectivity index (χ2n) is 5.48. The molecule has 2 aromatic carbocycles. The van der Waals surface area contributed by atoms with E-state index in [1.807, 2.05) is 36.4 Å². The van der Waals surface area contributed by atoms with Crippen molar-refractivity contribution in [2.75, 3.05) is 5.32 Å². The molecular formula is C17H13BrN2OS. The molecule has 22 heavy (non-hydrogen) atoms. The third kappa shape index (κ3) is 2.66. The van der Waals surface area contributed by atoms with Gasteiger partial charge in [0, 0.05) is 10.4 Å². The van der Waals surface area contributed by atoms with Crippen LogP contribution in [-0.4, -0.2) is 10.9 Å². The lowest BCUT2D eigenvalue weighted by atomic mass is 10.1. The molecule has 110 valence electrons. The van der Waals surface area contributed by atoms with Gasteiger partial charge in [0.1, 0.15) is 0 Å². The van der Waals surface area contributed by atoms with Crippen LogP contribution in [0.4, 0.5) is 5.13 Å². The summed E-state index contributed by atoms with van der Waals surface area (Å²) in [7, 11) is 0. The molecule has 5 heteroatoms. The zero-order chi connectivity index (χ0) is 15.1. The van der Waals surface area contributed by atoms with Gasteiger partial charge in [0.2, 0.25) is 5.91 Å². The van der Waals surface area contributed by atoms with Gasteiger partial charge in [0.15, 0.2) is 5.13 Å². The zero-order valence-electron chi connectivity index (χ0n) is 11.6. The summed E-state index contributed by atoms with van der Waals surface area (Å²) in [4.78, 5) is 16.8. The summed E-state index contributed by atoms with van der Waals surface area (Å²) in [5.41, 5.74) is 2.16. The highest BCUT2D eigenvalue weighted by molar-refractivity contribution is 9.10. The Hall–Kier alpha value is -1.72. The number of rotatable bonds is 3. The molecule has 0 saturated heterocycles. The molecule has 0 aliphatic heterocycles. The molecule has 1 saturated carbocycles. The van der Waals surface area contributed by atoms with Crippen molar-refractivity contribution in [3.63, 3.8) is 0 Å². The van der Waals surface area contributed by atoms with E-state index in [4.69, 9.17) is 0 Å². The first-order valence-corrected chi connectivity index (χ1v) is 8.73. The number of nitrogens with one attached hydrogen (secondary N) is 1. The van der Waals surface area contributed by atoms with Crippen molar-refractivity contribution >= 4 is 48.5 Å². The van der Waals surface area contributed by atoms with Gasteiger partial charge in [-0.2, -0.15) is 0 Å². The number of nitrogens with zero attached hydrogens (tertiary/aromatic N) is 1. The fraction of sp³-hybridized carbons (Fsp3) is 0.176. The van der Waals surface area contributed by atoms with Crippen molar-refractivity contribution in [3.05, 3.63) is 58.6 Å². The van der Waals surface area contributed by atoms with Gasteiger partial charge in [-0.25, -0.2) is 4.98 Å². The van der Waals surface area contributed by atoms with Gasteiger partial charge in [0.25, 0.3) is 0 Å². The molecule has 4 rings (SSSR count). The Kier molecular flexibility index (Phi) is 3.47. The molecule has 3 nitrogen and oxygen atoms in total. The molecule has 3 aromatic rings. The van der Waals surface area contributed by atoms with Crippen molar-refractivity contribution in [1.29, 1.82) is 0 Å². The summed E-state index contributed by atoms with van der Waals surface area (Å²) in [6.07, 6.45) is 0.923. The Morgan fingerprint density at radius 3 is 2.86 bits per heavy atom. The van der Waals surface area contributed by atoms with Gasteiger partial charge in [-0.1, -0.05) is 57.6 Å². The van der Waals surface area contributed by atoms with Gasteiger partial charge in [-0.05, 0) is 36.1 Å². The molecule has 1 amide bonds. The summed E-state index contributed by atoms with van der Waals surface area (Å²) in [5.74, 6) is 0.498. The maximum absolute atomic E-state index is 12.3. The number of anilines is 1. The lowest BCUT2D eigenvalue weighted by Crippen LogP contribution is -2.14. The number of aromatic nitrogens is 1. The van der Waals surface area contributed by atoms with E-state index in [1.165, 1.54) is 16.9 Å². The van der Waals surface area contributed by atoms with Crippen LogP contribution < -0.4 is 5.32 Å². The lowest BCUT2D eigenvalue weighted by molar-refractivity contribution is -0.117. The molecule has 1 aromatic heterocycles. The largest absolute Gasteiger partial charge is 0.302 e. The first-order valence-electron chi connectivity index (χ1n) is 7.12. The first-order chi connectivity index (χ1) is 10.7. The molecule has 0 radical (unpaired) electrons. The number of hydrogen-bond donors (Lipinski definition) is 1. The molecule has 1 fully saturated rings. The normalized spacial score (nSPS) is 20.0. The highest BCUT2D eigenvalue weighted by atomic mass is 79.9. The van der Waals surface area contributed by atoms with Gasteiger partial charge in [0.05, 0.1) is 10.2 Å². The Morgan fingerprint density at radius 1 is 1.23 bits per heavy atom. The van der Waals surface area contributed by atoms with Gasteiger partial charge in [-0.15, -0.1) is 0 Å². The summed E-state index contributed by atoms with van der Waals surface area (Å²) >= 11 is 4.96. The van der Waals surface area contributed by atoms with E-state index in [-0.39, 0.29) is 11.8 Å². The first kappa shape index (κ1) is 13.9. The van der Waals surface area contributed by atoms with Crippen molar-refractivity contribution in [2.24, 2.45) is 5.92 Å². The van der Waals surface area contributed by atoms with Crippen LogP contribution in [0, 0.1) is 5.92 Å². The smallest absolute Gasteiger partial charge is 0.229 e. The van der Waals surface area contributed by atoms with E-state index < -0.39 is 0 Å². The topological polar surface area (TPSA) is 42.0 Å². The number of hydrogen-bond acceptors (Lipinski definition) is 3. The predicted molar refractivity (Wildman–Crippen MR) is 93.2 cm³/mol. The number of thiazole rings is 1. The minimum absolute atomic E-state index is 0.0705. The maximum atomic E-state index is 12.3. The molecule has 2 atom stereocenters. The quantitative estimate of drug-likeness (QED) is 0.717. The van der Waals surface area contributed by atoms with Crippen molar-refractivity contribution in [1.82, 2.24) is 4.98 Å². The maximum Gasteiger partial charge on any atom is 0.229 e. The zero-order valence-corrected chi connectivity index (χ0v) is 14.0. The predicted octanol–water partition coefficient (Wildman–Crippen LogP) is 4.80. The van der Waals surface area contributed by atoms with E-state index >= 15 is 0 Å². The van der Waals surface area contributed by atoms with Gasteiger partial charge in [-0.3, -0.25) is 4.79 Å². The third-order valence-corrected chi connectivity index (χ3v) is 5.36. The number of carbonyl (C=O) groups is 1. The minimum atomic E-state index is 0.0705. The molecule has 2 unspecified atom stereocenters. The van der Waals surface area contributed by atoms with Crippen LogP contribution in [0.1, 0.15) is 17.9 Å². The standard InChI is InChI=1S/C17H13BrN2OS/c18-11-6-7-14-15(8-11)22-17(19-14)20-16(21)13-9-12(13)10-4-2-1-3-5-10/h1-8,12-13H,9H2,(H,19,20,21). The summed E-state index contributed by atoms with van der Waals surface area (Å²) < 4.78 is 2.09. The lowest BCUT2D eigenvalue weighted by Gasteiger charge is -2.01. The number of amides is 1. The number of carbonyl (C=O) groups excluding carboxylic acids is 1.